The lowest BCUT2D eigenvalue weighted by Crippen LogP contribution is -2.33. The lowest BCUT2D eigenvalue weighted by atomic mass is 10.0. The van der Waals surface area contributed by atoms with Gasteiger partial charge in [0.05, 0.1) is 0 Å². The lowest BCUT2D eigenvalue weighted by molar-refractivity contribution is 0.387. The Labute approximate surface area is 97.7 Å². The van der Waals surface area contributed by atoms with Gasteiger partial charge in [0.2, 0.25) is 0 Å². The first-order valence-corrected chi connectivity index (χ1v) is 6.22. The van der Waals surface area contributed by atoms with E-state index in [9.17, 15) is 5.11 Å². The minimum Gasteiger partial charge on any atom is -0.508 e. The van der Waals surface area contributed by atoms with Gasteiger partial charge in [-0.25, -0.2) is 0 Å². The van der Waals surface area contributed by atoms with Crippen molar-refractivity contribution in [3.8, 4) is 5.75 Å². The molecule has 88 valence electrons. The Morgan fingerprint density at radius 1 is 1.38 bits per heavy atom. The van der Waals surface area contributed by atoms with Crippen molar-refractivity contribution >= 4 is 0 Å². The molecule has 2 nitrogen and oxygen atoms in total. The third-order valence-electron chi connectivity index (χ3n) is 3.70. The molecule has 0 aromatic heterocycles. The van der Waals surface area contributed by atoms with Crippen LogP contribution in [0.1, 0.15) is 44.7 Å². The van der Waals surface area contributed by atoms with Crippen molar-refractivity contribution < 1.29 is 5.11 Å². The van der Waals surface area contributed by atoms with Crippen LogP contribution in [0, 0.1) is 5.92 Å². The standard InChI is InChI=1S/C14H21NO/c1-10-5-3-8-14(10)15-11(2)12-6-4-7-13(16)9-12/h4,6-7,9-11,14-16H,3,5,8H2,1-2H3. The van der Waals surface area contributed by atoms with Crippen molar-refractivity contribution in [3.05, 3.63) is 29.8 Å². The monoisotopic (exact) mass is 219 g/mol. The van der Waals surface area contributed by atoms with Crippen molar-refractivity contribution in [2.45, 2.75) is 45.2 Å². The van der Waals surface area contributed by atoms with Gasteiger partial charge in [0.15, 0.2) is 0 Å². The maximum Gasteiger partial charge on any atom is 0.115 e. The average molecular weight is 219 g/mol. The summed E-state index contributed by atoms with van der Waals surface area (Å²) in [6.07, 6.45) is 3.96. The van der Waals surface area contributed by atoms with Crippen LogP contribution in [0.5, 0.6) is 5.75 Å². The van der Waals surface area contributed by atoms with Gasteiger partial charge in [-0.3, -0.25) is 0 Å². The Balaban J connectivity index is 1.99. The van der Waals surface area contributed by atoms with Gasteiger partial charge in [0, 0.05) is 12.1 Å². The fourth-order valence-electron chi connectivity index (χ4n) is 2.60. The predicted molar refractivity (Wildman–Crippen MR) is 66.5 cm³/mol. The Morgan fingerprint density at radius 3 is 2.81 bits per heavy atom. The number of hydrogen-bond donors (Lipinski definition) is 2. The molecule has 1 aliphatic carbocycles. The maximum atomic E-state index is 9.45. The van der Waals surface area contributed by atoms with Crippen LogP contribution in [0.4, 0.5) is 0 Å². The first kappa shape index (κ1) is 11.5. The molecule has 0 aliphatic heterocycles. The molecule has 16 heavy (non-hydrogen) atoms. The van der Waals surface area contributed by atoms with Crippen LogP contribution in [0.2, 0.25) is 0 Å². The first-order valence-electron chi connectivity index (χ1n) is 6.22. The zero-order valence-corrected chi connectivity index (χ0v) is 10.1. The molecule has 1 aliphatic rings. The number of aromatic hydroxyl groups is 1. The number of benzene rings is 1. The van der Waals surface area contributed by atoms with E-state index >= 15 is 0 Å². The zero-order chi connectivity index (χ0) is 11.5. The Hall–Kier alpha value is -1.02. The van der Waals surface area contributed by atoms with Gasteiger partial charge in [0.25, 0.3) is 0 Å². The van der Waals surface area contributed by atoms with E-state index in [4.69, 9.17) is 0 Å². The second-order valence-electron chi connectivity index (χ2n) is 5.00. The van der Waals surface area contributed by atoms with E-state index in [0.717, 1.165) is 5.92 Å². The summed E-state index contributed by atoms with van der Waals surface area (Å²) in [5.41, 5.74) is 1.17. The van der Waals surface area contributed by atoms with Gasteiger partial charge < -0.3 is 10.4 Å². The molecule has 1 aromatic carbocycles. The summed E-state index contributed by atoms with van der Waals surface area (Å²) in [7, 11) is 0. The molecule has 2 N–H and O–H groups in total. The van der Waals surface area contributed by atoms with E-state index in [1.54, 1.807) is 6.07 Å². The van der Waals surface area contributed by atoms with Crippen molar-refractivity contribution in [2.24, 2.45) is 5.92 Å². The predicted octanol–water partition coefficient (Wildman–Crippen LogP) is 3.23. The van der Waals surface area contributed by atoms with Crippen molar-refractivity contribution in [1.29, 1.82) is 0 Å². The summed E-state index contributed by atoms with van der Waals surface area (Å²) in [6.45, 7) is 4.49. The molecule has 1 saturated carbocycles. The highest BCUT2D eigenvalue weighted by atomic mass is 16.3. The molecular formula is C14H21NO. The van der Waals surface area contributed by atoms with Crippen LogP contribution in [0.3, 0.4) is 0 Å². The van der Waals surface area contributed by atoms with Crippen LogP contribution < -0.4 is 5.32 Å². The van der Waals surface area contributed by atoms with Crippen LogP contribution >= 0.6 is 0 Å². The summed E-state index contributed by atoms with van der Waals surface area (Å²) in [5.74, 6) is 1.13. The van der Waals surface area contributed by atoms with Crippen LogP contribution in [-0.4, -0.2) is 11.1 Å². The summed E-state index contributed by atoms with van der Waals surface area (Å²) >= 11 is 0. The van der Waals surface area contributed by atoms with Crippen molar-refractivity contribution in [1.82, 2.24) is 5.32 Å². The molecule has 2 heteroatoms. The third kappa shape index (κ3) is 2.56. The van der Waals surface area contributed by atoms with Gasteiger partial charge in [0.1, 0.15) is 5.75 Å². The van der Waals surface area contributed by atoms with E-state index in [1.165, 1.54) is 24.8 Å². The molecule has 0 bridgehead atoms. The number of hydrogen-bond acceptors (Lipinski definition) is 2. The second-order valence-corrected chi connectivity index (χ2v) is 5.00. The summed E-state index contributed by atoms with van der Waals surface area (Å²) in [6, 6.07) is 8.49. The van der Waals surface area contributed by atoms with E-state index < -0.39 is 0 Å². The molecule has 0 heterocycles. The van der Waals surface area contributed by atoms with E-state index in [0.29, 0.717) is 17.8 Å². The number of rotatable bonds is 3. The highest BCUT2D eigenvalue weighted by Crippen LogP contribution is 2.27. The third-order valence-corrected chi connectivity index (χ3v) is 3.70. The van der Waals surface area contributed by atoms with Gasteiger partial charge in [-0.15, -0.1) is 0 Å². The molecule has 3 unspecified atom stereocenters. The maximum absolute atomic E-state index is 9.45. The van der Waals surface area contributed by atoms with Gasteiger partial charge >= 0.3 is 0 Å². The minimum absolute atomic E-state index is 0.317. The molecule has 0 saturated heterocycles. The molecule has 1 fully saturated rings. The molecule has 1 aromatic rings. The zero-order valence-electron chi connectivity index (χ0n) is 10.1. The first-order chi connectivity index (χ1) is 7.66. The van der Waals surface area contributed by atoms with E-state index in [2.05, 4.69) is 25.2 Å². The van der Waals surface area contributed by atoms with Gasteiger partial charge in [-0.2, -0.15) is 0 Å². The van der Waals surface area contributed by atoms with Gasteiger partial charge in [-0.1, -0.05) is 25.5 Å². The number of phenols is 1. The number of phenolic OH excluding ortho intramolecular Hbond substituents is 1. The quantitative estimate of drug-likeness (QED) is 0.818. The molecule has 3 atom stereocenters. The Morgan fingerprint density at radius 2 is 2.19 bits per heavy atom. The van der Waals surface area contributed by atoms with Crippen LogP contribution in [-0.2, 0) is 0 Å². The van der Waals surface area contributed by atoms with Crippen molar-refractivity contribution in [2.75, 3.05) is 0 Å². The van der Waals surface area contributed by atoms with Crippen LogP contribution in [0.15, 0.2) is 24.3 Å². The molecule has 0 amide bonds. The Bertz CT molecular complexity index is 350. The fourth-order valence-corrected chi connectivity index (χ4v) is 2.60. The molecular weight excluding hydrogens is 198 g/mol. The van der Waals surface area contributed by atoms with Crippen molar-refractivity contribution in [3.63, 3.8) is 0 Å². The summed E-state index contributed by atoms with van der Waals surface area (Å²) in [4.78, 5) is 0. The minimum atomic E-state index is 0.317. The second kappa shape index (κ2) is 4.88. The summed E-state index contributed by atoms with van der Waals surface area (Å²) < 4.78 is 0. The highest BCUT2D eigenvalue weighted by molar-refractivity contribution is 5.29. The summed E-state index contributed by atoms with van der Waals surface area (Å²) in [5, 5.41) is 13.1. The van der Waals surface area contributed by atoms with Crippen LogP contribution in [0.25, 0.3) is 0 Å². The van der Waals surface area contributed by atoms with E-state index in [1.807, 2.05) is 12.1 Å². The largest absolute Gasteiger partial charge is 0.508 e. The molecule has 0 radical (unpaired) electrons. The average Bonchev–Trinajstić information content (AvgIpc) is 2.64. The smallest absolute Gasteiger partial charge is 0.115 e. The molecule has 0 spiro atoms. The number of nitrogens with one attached hydrogen (secondary N) is 1. The fraction of sp³-hybridized carbons (Fsp3) is 0.571. The topological polar surface area (TPSA) is 32.3 Å². The molecule has 2 rings (SSSR count). The highest BCUT2D eigenvalue weighted by Gasteiger charge is 2.24. The van der Waals surface area contributed by atoms with E-state index in [-0.39, 0.29) is 0 Å². The lowest BCUT2D eigenvalue weighted by Gasteiger charge is -2.23. The SMILES string of the molecule is CC(NC1CCCC1C)c1cccc(O)c1. The Kier molecular flexibility index (Phi) is 3.49. The van der Waals surface area contributed by atoms with Gasteiger partial charge in [-0.05, 0) is 43.4 Å². The normalized spacial score (nSPS) is 26.9.